The lowest BCUT2D eigenvalue weighted by molar-refractivity contribution is -0.122. The molecule has 0 saturated heterocycles. The predicted octanol–water partition coefficient (Wildman–Crippen LogP) is 4.02. The number of anilines is 1. The van der Waals surface area contributed by atoms with Crippen LogP contribution in [-0.2, 0) is 11.3 Å². The molecule has 0 radical (unpaired) electrons. The van der Waals surface area contributed by atoms with Crippen molar-refractivity contribution in [2.24, 2.45) is 0 Å². The first-order valence-electron chi connectivity index (χ1n) is 9.07. The summed E-state index contributed by atoms with van der Waals surface area (Å²) in [5, 5.41) is 5.66. The molecule has 5 nitrogen and oxygen atoms in total. The van der Waals surface area contributed by atoms with E-state index in [0.29, 0.717) is 23.5 Å². The van der Waals surface area contributed by atoms with Gasteiger partial charge in [0.15, 0.2) is 6.10 Å². The second kappa shape index (κ2) is 9.37. The van der Waals surface area contributed by atoms with Crippen molar-refractivity contribution >= 4 is 17.5 Å². The molecule has 0 fully saturated rings. The standard InChI is InChI=1S/C23H22N2O3/c1-17(28-19-12-6-3-7-13-19)22(26)25-21-15-9-8-14-20(21)23(27)24-16-18-10-4-2-5-11-18/h2-15,17H,16H2,1H3,(H,24,27)(H,25,26). The maximum absolute atomic E-state index is 12.6. The van der Waals surface area contributed by atoms with Crippen molar-refractivity contribution in [2.45, 2.75) is 19.6 Å². The summed E-state index contributed by atoms with van der Waals surface area (Å²) < 4.78 is 5.64. The Balaban J connectivity index is 1.64. The van der Waals surface area contributed by atoms with Crippen LogP contribution in [0.25, 0.3) is 0 Å². The molecule has 0 saturated carbocycles. The van der Waals surface area contributed by atoms with Crippen LogP contribution in [-0.4, -0.2) is 17.9 Å². The van der Waals surface area contributed by atoms with Crippen molar-refractivity contribution < 1.29 is 14.3 Å². The lowest BCUT2D eigenvalue weighted by Gasteiger charge is -2.16. The number of hydrogen-bond donors (Lipinski definition) is 2. The molecule has 0 bridgehead atoms. The Kier molecular flexibility index (Phi) is 6.41. The van der Waals surface area contributed by atoms with Crippen molar-refractivity contribution in [1.29, 1.82) is 0 Å². The summed E-state index contributed by atoms with van der Waals surface area (Å²) in [5.74, 6) is 0.0302. The van der Waals surface area contributed by atoms with Gasteiger partial charge in [0.05, 0.1) is 11.3 Å². The lowest BCUT2D eigenvalue weighted by Crippen LogP contribution is -2.31. The van der Waals surface area contributed by atoms with Gasteiger partial charge in [0, 0.05) is 6.54 Å². The fourth-order valence-corrected chi connectivity index (χ4v) is 2.65. The molecule has 0 spiro atoms. The zero-order chi connectivity index (χ0) is 19.8. The molecule has 0 aromatic heterocycles. The van der Waals surface area contributed by atoms with Gasteiger partial charge in [-0.2, -0.15) is 0 Å². The minimum absolute atomic E-state index is 0.253. The van der Waals surface area contributed by atoms with Crippen molar-refractivity contribution in [3.05, 3.63) is 96.1 Å². The van der Waals surface area contributed by atoms with Crippen LogP contribution < -0.4 is 15.4 Å². The molecule has 0 aliphatic rings. The largest absolute Gasteiger partial charge is 0.481 e. The minimum atomic E-state index is -0.706. The Bertz CT molecular complexity index is 927. The molecular formula is C23H22N2O3. The van der Waals surface area contributed by atoms with E-state index in [0.717, 1.165) is 5.56 Å². The third-order valence-corrected chi connectivity index (χ3v) is 4.15. The number of ether oxygens (including phenoxy) is 1. The van der Waals surface area contributed by atoms with Gasteiger partial charge in [0.25, 0.3) is 11.8 Å². The van der Waals surface area contributed by atoms with Gasteiger partial charge in [-0.15, -0.1) is 0 Å². The molecule has 5 heteroatoms. The molecule has 2 amide bonds. The van der Waals surface area contributed by atoms with Gasteiger partial charge in [-0.05, 0) is 36.8 Å². The Morgan fingerprint density at radius 3 is 2.18 bits per heavy atom. The molecule has 28 heavy (non-hydrogen) atoms. The normalized spacial score (nSPS) is 11.3. The summed E-state index contributed by atoms with van der Waals surface area (Å²) >= 11 is 0. The summed E-state index contributed by atoms with van der Waals surface area (Å²) in [7, 11) is 0. The van der Waals surface area contributed by atoms with Gasteiger partial charge in [0.1, 0.15) is 5.75 Å². The zero-order valence-corrected chi connectivity index (χ0v) is 15.6. The van der Waals surface area contributed by atoms with E-state index in [1.54, 1.807) is 43.3 Å². The second-order valence-electron chi connectivity index (χ2n) is 6.28. The second-order valence-corrected chi connectivity index (χ2v) is 6.28. The molecule has 3 aromatic rings. The molecule has 1 unspecified atom stereocenters. The summed E-state index contributed by atoms with van der Waals surface area (Å²) in [5.41, 5.74) is 1.85. The smallest absolute Gasteiger partial charge is 0.265 e. The maximum atomic E-state index is 12.6. The number of carbonyl (C=O) groups excluding carboxylic acids is 2. The maximum Gasteiger partial charge on any atom is 0.265 e. The molecule has 1 atom stereocenters. The van der Waals surface area contributed by atoms with Crippen molar-refractivity contribution in [1.82, 2.24) is 5.32 Å². The van der Waals surface area contributed by atoms with E-state index >= 15 is 0 Å². The number of nitrogens with one attached hydrogen (secondary N) is 2. The van der Waals surface area contributed by atoms with Crippen molar-refractivity contribution in [3.63, 3.8) is 0 Å². The van der Waals surface area contributed by atoms with E-state index in [-0.39, 0.29) is 11.8 Å². The first-order chi connectivity index (χ1) is 13.6. The Hall–Kier alpha value is -3.60. The van der Waals surface area contributed by atoms with Crippen LogP contribution in [0.15, 0.2) is 84.9 Å². The van der Waals surface area contributed by atoms with Gasteiger partial charge in [-0.25, -0.2) is 0 Å². The average Bonchev–Trinajstić information content (AvgIpc) is 2.74. The number of para-hydroxylation sites is 2. The molecule has 2 N–H and O–H groups in total. The van der Waals surface area contributed by atoms with Crippen LogP contribution in [0.5, 0.6) is 5.75 Å². The third kappa shape index (κ3) is 5.20. The Morgan fingerprint density at radius 1 is 0.857 bits per heavy atom. The summed E-state index contributed by atoms with van der Waals surface area (Å²) in [6.45, 7) is 2.08. The van der Waals surface area contributed by atoms with Crippen molar-refractivity contribution in [3.8, 4) is 5.75 Å². The van der Waals surface area contributed by atoms with E-state index < -0.39 is 6.10 Å². The highest BCUT2D eigenvalue weighted by atomic mass is 16.5. The van der Waals surface area contributed by atoms with E-state index in [4.69, 9.17) is 4.74 Å². The fourth-order valence-electron chi connectivity index (χ4n) is 2.65. The number of benzene rings is 3. The summed E-state index contributed by atoms with van der Waals surface area (Å²) in [4.78, 5) is 25.1. The van der Waals surface area contributed by atoms with Crippen LogP contribution in [0.3, 0.4) is 0 Å². The third-order valence-electron chi connectivity index (χ3n) is 4.15. The van der Waals surface area contributed by atoms with Gasteiger partial charge in [0.2, 0.25) is 0 Å². The Morgan fingerprint density at radius 2 is 1.46 bits per heavy atom. The lowest BCUT2D eigenvalue weighted by atomic mass is 10.1. The molecule has 0 aliphatic carbocycles. The van der Waals surface area contributed by atoms with E-state index in [1.807, 2.05) is 48.5 Å². The van der Waals surface area contributed by atoms with Gasteiger partial charge < -0.3 is 15.4 Å². The van der Waals surface area contributed by atoms with Crippen molar-refractivity contribution in [2.75, 3.05) is 5.32 Å². The molecule has 3 rings (SSSR count). The van der Waals surface area contributed by atoms with Gasteiger partial charge in [-0.3, -0.25) is 9.59 Å². The first kappa shape index (κ1) is 19.2. The van der Waals surface area contributed by atoms with E-state index in [9.17, 15) is 9.59 Å². The highest BCUT2D eigenvalue weighted by Crippen LogP contribution is 2.17. The van der Waals surface area contributed by atoms with Crippen LogP contribution in [0.2, 0.25) is 0 Å². The fraction of sp³-hybridized carbons (Fsp3) is 0.130. The highest BCUT2D eigenvalue weighted by Gasteiger charge is 2.18. The van der Waals surface area contributed by atoms with Crippen LogP contribution in [0.4, 0.5) is 5.69 Å². The molecule has 0 heterocycles. The Labute approximate surface area is 164 Å². The molecule has 142 valence electrons. The van der Waals surface area contributed by atoms with Gasteiger partial charge >= 0.3 is 0 Å². The quantitative estimate of drug-likeness (QED) is 0.656. The van der Waals surface area contributed by atoms with E-state index in [1.165, 1.54) is 0 Å². The number of amides is 2. The SMILES string of the molecule is CC(Oc1ccccc1)C(=O)Nc1ccccc1C(=O)NCc1ccccc1. The summed E-state index contributed by atoms with van der Waals surface area (Å²) in [6.07, 6.45) is -0.706. The van der Waals surface area contributed by atoms with Crippen LogP contribution >= 0.6 is 0 Å². The number of rotatable bonds is 7. The van der Waals surface area contributed by atoms with Crippen LogP contribution in [0.1, 0.15) is 22.8 Å². The van der Waals surface area contributed by atoms with Gasteiger partial charge in [-0.1, -0.05) is 60.7 Å². The molecule has 0 aliphatic heterocycles. The highest BCUT2D eigenvalue weighted by molar-refractivity contribution is 6.04. The van der Waals surface area contributed by atoms with E-state index in [2.05, 4.69) is 10.6 Å². The topological polar surface area (TPSA) is 67.4 Å². The summed E-state index contributed by atoms with van der Waals surface area (Å²) in [6, 6.07) is 25.7. The first-order valence-corrected chi connectivity index (χ1v) is 9.07. The minimum Gasteiger partial charge on any atom is -0.481 e. The predicted molar refractivity (Wildman–Crippen MR) is 109 cm³/mol. The average molecular weight is 374 g/mol. The number of carbonyl (C=O) groups is 2. The van der Waals surface area contributed by atoms with Crippen LogP contribution in [0, 0.1) is 0 Å². The number of hydrogen-bond acceptors (Lipinski definition) is 3. The monoisotopic (exact) mass is 374 g/mol. The molecule has 3 aromatic carbocycles. The molecular weight excluding hydrogens is 352 g/mol. The zero-order valence-electron chi connectivity index (χ0n) is 15.6.